The third kappa shape index (κ3) is 7.89. The molecule has 0 fully saturated rings. The van der Waals surface area contributed by atoms with Crippen molar-refractivity contribution in [1.29, 1.82) is 0 Å². The lowest BCUT2D eigenvalue weighted by molar-refractivity contribution is -0.123. The molecule has 1 rings (SSSR count). The zero-order valence-electron chi connectivity index (χ0n) is 18.5. The van der Waals surface area contributed by atoms with Crippen LogP contribution in [0.4, 0.5) is 11.4 Å². The standard InChI is InChI=1S/C23H38N4O2/c1-6-7-13-21(23(29)25-3)27(18-28)20-15-14-19(17-22(20)26(4)5)12-10-8-9-11-16-24-2/h6,14-15,17-18,21,24H,1,7-13,16H2,2-5H3,(H,25,29). The second-order valence-electron chi connectivity index (χ2n) is 7.49. The first kappa shape index (κ1) is 24.7. The molecule has 1 unspecified atom stereocenters. The van der Waals surface area contributed by atoms with Crippen LogP contribution in [0.25, 0.3) is 0 Å². The van der Waals surface area contributed by atoms with E-state index in [2.05, 4.69) is 29.3 Å². The largest absolute Gasteiger partial charge is 0.376 e. The van der Waals surface area contributed by atoms with Crippen molar-refractivity contribution in [2.45, 2.75) is 51.0 Å². The molecule has 0 aliphatic rings. The predicted octanol–water partition coefficient (Wildman–Crippen LogP) is 3.12. The van der Waals surface area contributed by atoms with Crippen LogP contribution in [0.1, 0.15) is 44.1 Å². The van der Waals surface area contributed by atoms with Crippen molar-refractivity contribution in [3.8, 4) is 0 Å². The summed E-state index contributed by atoms with van der Waals surface area (Å²) in [5.74, 6) is -0.172. The Balaban J connectivity index is 3.01. The number of allylic oxidation sites excluding steroid dienone is 1. The summed E-state index contributed by atoms with van der Waals surface area (Å²) >= 11 is 0. The molecule has 0 aliphatic heterocycles. The highest BCUT2D eigenvalue weighted by atomic mass is 16.2. The number of anilines is 2. The van der Waals surface area contributed by atoms with Crippen molar-refractivity contribution in [3.63, 3.8) is 0 Å². The molecule has 162 valence electrons. The Morgan fingerprint density at radius 1 is 1.14 bits per heavy atom. The average Bonchev–Trinajstić information content (AvgIpc) is 2.73. The molecule has 0 saturated heterocycles. The van der Waals surface area contributed by atoms with Gasteiger partial charge in [-0.05, 0) is 63.4 Å². The highest BCUT2D eigenvalue weighted by molar-refractivity contribution is 5.94. The van der Waals surface area contributed by atoms with E-state index in [0.29, 0.717) is 12.8 Å². The van der Waals surface area contributed by atoms with Gasteiger partial charge in [-0.25, -0.2) is 0 Å². The van der Waals surface area contributed by atoms with Crippen LogP contribution in [0.3, 0.4) is 0 Å². The maximum absolute atomic E-state index is 12.4. The van der Waals surface area contributed by atoms with Gasteiger partial charge in [-0.1, -0.05) is 25.0 Å². The first-order valence-electron chi connectivity index (χ1n) is 10.5. The first-order valence-corrected chi connectivity index (χ1v) is 10.5. The van der Waals surface area contributed by atoms with Crippen LogP contribution < -0.4 is 20.4 Å². The minimum atomic E-state index is -0.563. The molecule has 0 aliphatic carbocycles. The smallest absolute Gasteiger partial charge is 0.242 e. The minimum absolute atomic E-state index is 0.172. The number of benzene rings is 1. The average molecular weight is 403 g/mol. The van der Waals surface area contributed by atoms with Gasteiger partial charge in [-0.2, -0.15) is 0 Å². The second kappa shape index (κ2) is 13.8. The Morgan fingerprint density at radius 3 is 2.45 bits per heavy atom. The van der Waals surface area contributed by atoms with Gasteiger partial charge in [-0.3, -0.25) is 9.59 Å². The number of nitrogens with zero attached hydrogens (tertiary/aromatic N) is 2. The van der Waals surface area contributed by atoms with Crippen molar-refractivity contribution < 1.29 is 9.59 Å². The molecule has 1 atom stereocenters. The molecule has 0 spiro atoms. The molecule has 1 aromatic carbocycles. The third-order valence-electron chi connectivity index (χ3n) is 5.08. The fourth-order valence-corrected chi connectivity index (χ4v) is 3.42. The highest BCUT2D eigenvalue weighted by Crippen LogP contribution is 2.31. The van der Waals surface area contributed by atoms with E-state index in [-0.39, 0.29) is 5.91 Å². The number of hydrogen-bond donors (Lipinski definition) is 2. The summed E-state index contributed by atoms with van der Waals surface area (Å²) in [4.78, 5) is 27.9. The zero-order chi connectivity index (χ0) is 21.6. The van der Waals surface area contributed by atoms with E-state index in [1.807, 2.05) is 32.1 Å². The fourth-order valence-electron chi connectivity index (χ4n) is 3.42. The number of likely N-dealkylation sites (N-methyl/N-ethyl adjacent to an activating group) is 1. The van der Waals surface area contributed by atoms with Crippen LogP contribution in [0.5, 0.6) is 0 Å². The van der Waals surface area contributed by atoms with Gasteiger partial charge >= 0.3 is 0 Å². The van der Waals surface area contributed by atoms with Crippen LogP contribution in [-0.4, -0.2) is 53.1 Å². The number of unbranched alkanes of at least 4 members (excludes halogenated alkanes) is 3. The molecule has 2 N–H and O–H groups in total. The number of amides is 2. The lowest BCUT2D eigenvalue weighted by atomic mass is 10.0. The molecule has 6 nitrogen and oxygen atoms in total. The number of nitrogens with one attached hydrogen (secondary N) is 2. The van der Waals surface area contributed by atoms with E-state index < -0.39 is 6.04 Å². The normalized spacial score (nSPS) is 11.6. The molecule has 6 heteroatoms. The number of rotatable bonds is 15. The second-order valence-corrected chi connectivity index (χ2v) is 7.49. The Bertz CT molecular complexity index is 646. The van der Waals surface area contributed by atoms with Gasteiger partial charge in [-0.15, -0.1) is 6.58 Å². The Hall–Kier alpha value is -2.34. The van der Waals surface area contributed by atoms with Crippen molar-refractivity contribution in [3.05, 3.63) is 36.4 Å². The van der Waals surface area contributed by atoms with Crippen molar-refractivity contribution >= 4 is 23.7 Å². The summed E-state index contributed by atoms with van der Waals surface area (Å²) in [5.41, 5.74) is 2.94. The van der Waals surface area contributed by atoms with Crippen molar-refractivity contribution in [1.82, 2.24) is 10.6 Å². The van der Waals surface area contributed by atoms with Gasteiger partial charge in [0.25, 0.3) is 0 Å². The monoisotopic (exact) mass is 402 g/mol. The Morgan fingerprint density at radius 2 is 1.86 bits per heavy atom. The maximum Gasteiger partial charge on any atom is 0.242 e. The maximum atomic E-state index is 12.4. The van der Waals surface area contributed by atoms with E-state index >= 15 is 0 Å². The van der Waals surface area contributed by atoms with Crippen LogP contribution in [-0.2, 0) is 16.0 Å². The molecule has 0 bridgehead atoms. The number of carbonyl (C=O) groups excluding carboxylic acids is 2. The topological polar surface area (TPSA) is 64.7 Å². The number of carbonyl (C=O) groups is 2. The predicted molar refractivity (Wildman–Crippen MR) is 123 cm³/mol. The van der Waals surface area contributed by atoms with E-state index in [0.717, 1.165) is 37.2 Å². The Labute approximate surface area is 176 Å². The van der Waals surface area contributed by atoms with E-state index in [1.165, 1.54) is 24.8 Å². The SMILES string of the molecule is C=CCCC(C(=O)NC)N(C=O)c1ccc(CCCCCCNC)cc1N(C)C. The van der Waals surface area contributed by atoms with E-state index in [9.17, 15) is 9.59 Å². The lowest BCUT2D eigenvalue weighted by Gasteiger charge is -2.30. The molecule has 0 radical (unpaired) electrons. The van der Waals surface area contributed by atoms with Gasteiger partial charge in [0, 0.05) is 21.1 Å². The summed E-state index contributed by atoms with van der Waals surface area (Å²) in [6, 6.07) is 5.60. The van der Waals surface area contributed by atoms with Crippen molar-refractivity contribution in [2.75, 3.05) is 44.5 Å². The van der Waals surface area contributed by atoms with Crippen molar-refractivity contribution in [2.24, 2.45) is 0 Å². The van der Waals surface area contributed by atoms with E-state index in [4.69, 9.17) is 0 Å². The number of aryl methyl sites for hydroxylation is 1. The third-order valence-corrected chi connectivity index (χ3v) is 5.08. The van der Waals surface area contributed by atoms with E-state index in [1.54, 1.807) is 18.0 Å². The Kier molecular flexibility index (Phi) is 11.7. The van der Waals surface area contributed by atoms with Crippen LogP contribution in [0.2, 0.25) is 0 Å². The summed E-state index contributed by atoms with van der Waals surface area (Å²) in [7, 11) is 7.50. The molecular weight excluding hydrogens is 364 g/mol. The molecule has 2 amide bonds. The van der Waals surface area contributed by atoms with Gasteiger partial charge in [0.1, 0.15) is 6.04 Å². The van der Waals surface area contributed by atoms with Gasteiger partial charge in [0.15, 0.2) is 0 Å². The van der Waals surface area contributed by atoms with Crippen LogP contribution in [0.15, 0.2) is 30.9 Å². The summed E-state index contributed by atoms with van der Waals surface area (Å²) in [6.07, 6.45) is 9.52. The zero-order valence-corrected chi connectivity index (χ0v) is 18.5. The lowest BCUT2D eigenvalue weighted by Crippen LogP contribution is -2.46. The highest BCUT2D eigenvalue weighted by Gasteiger charge is 2.27. The van der Waals surface area contributed by atoms with Gasteiger partial charge in [0.2, 0.25) is 12.3 Å². The molecule has 0 aromatic heterocycles. The van der Waals surface area contributed by atoms with Crippen LogP contribution >= 0.6 is 0 Å². The number of hydrogen-bond acceptors (Lipinski definition) is 4. The molecule has 0 heterocycles. The quantitative estimate of drug-likeness (QED) is 0.269. The fraction of sp³-hybridized carbons (Fsp3) is 0.565. The molecule has 29 heavy (non-hydrogen) atoms. The van der Waals surface area contributed by atoms with Gasteiger partial charge < -0.3 is 20.4 Å². The summed E-state index contributed by atoms with van der Waals surface area (Å²) in [5, 5.41) is 5.86. The van der Waals surface area contributed by atoms with Crippen LogP contribution in [0, 0.1) is 0 Å². The molecule has 0 saturated carbocycles. The summed E-state index contributed by atoms with van der Waals surface area (Å²) < 4.78 is 0. The van der Waals surface area contributed by atoms with Gasteiger partial charge in [0.05, 0.1) is 11.4 Å². The summed E-state index contributed by atoms with van der Waals surface area (Å²) in [6.45, 7) is 4.80. The molecular formula is C23H38N4O2. The minimum Gasteiger partial charge on any atom is -0.376 e. The first-order chi connectivity index (χ1) is 14.0. The molecule has 1 aromatic rings.